The molecule has 106 valence electrons. The van der Waals surface area contributed by atoms with Gasteiger partial charge < -0.3 is 5.32 Å². The van der Waals surface area contributed by atoms with Gasteiger partial charge in [0.25, 0.3) is 0 Å². The minimum absolute atomic E-state index is 0.00685. The van der Waals surface area contributed by atoms with E-state index in [4.69, 9.17) is 0 Å². The summed E-state index contributed by atoms with van der Waals surface area (Å²) in [6.45, 7) is 3.15. The zero-order valence-corrected chi connectivity index (χ0v) is 13.9. The molecule has 0 bridgehead atoms. The minimum Gasteiger partial charge on any atom is -0.325 e. The third-order valence-corrected chi connectivity index (χ3v) is 4.34. The summed E-state index contributed by atoms with van der Waals surface area (Å²) in [5.74, 6) is 0.00685. The Morgan fingerprint density at radius 2 is 2.20 bits per heavy atom. The van der Waals surface area contributed by atoms with E-state index in [9.17, 15) is 4.79 Å². The number of aryl methyl sites for hydroxylation is 1. The van der Waals surface area contributed by atoms with Crippen LogP contribution in [0.4, 0.5) is 5.69 Å². The summed E-state index contributed by atoms with van der Waals surface area (Å²) in [5, 5.41) is 5.01. The Morgan fingerprint density at radius 3 is 2.85 bits per heavy atom. The summed E-state index contributed by atoms with van der Waals surface area (Å²) in [5.41, 5.74) is 3.20. The monoisotopic (exact) mass is 352 g/mol. The van der Waals surface area contributed by atoms with Gasteiger partial charge in [-0.05, 0) is 64.6 Å². The fraction of sp³-hybridized carbons (Fsp3) is 0.267. The highest BCUT2D eigenvalue weighted by Crippen LogP contribution is 2.21. The molecule has 0 saturated carbocycles. The summed E-state index contributed by atoms with van der Waals surface area (Å²) in [6.07, 6.45) is 0. The van der Waals surface area contributed by atoms with Crippen molar-refractivity contribution < 1.29 is 4.79 Å². The Morgan fingerprint density at radius 1 is 1.40 bits per heavy atom. The Bertz CT molecular complexity index is 597. The number of halogens is 1. The molecule has 2 rings (SSSR count). The number of carbonyl (C=O) groups is 1. The molecule has 1 aromatic heterocycles. The van der Waals surface area contributed by atoms with Crippen LogP contribution in [0, 0.1) is 6.92 Å². The van der Waals surface area contributed by atoms with Crippen molar-refractivity contribution in [3.05, 3.63) is 50.6 Å². The predicted octanol–water partition coefficient (Wildman–Crippen LogP) is 3.89. The molecule has 1 heterocycles. The molecular formula is C15H17BrN2OS. The molecule has 1 aromatic carbocycles. The molecule has 0 saturated heterocycles. The lowest BCUT2D eigenvalue weighted by molar-refractivity contribution is -0.117. The van der Waals surface area contributed by atoms with Crippen molar-refractivity contribution in [1.82, 2.24) is 4.90 Å². The maximum Gasteiger partial charge on any atom is 0.238 e. The number of amides is 1. The Labute approximate surface area is 131 Å². The quantitative estimate of drug-likeness (QED) is 0.885. The molecule has 0 unspecified atom stereocenters. The first-order valence-electron chi connectivity index (χ1n) is 6.31. The van der Waals surface area contributed by atoms with Crippen LogP contribution in [0.25, 0.3) is 0 Å². The van der Waals surface area contributed by atoms with Gasteiger partial charge in [-0.15, -0.1) is 11.3 Å². The van der Waals surface area contributed by atoms with Crippen molar-refractivity contribution in [2.24, 2.45) is 0 Å². The van der Waals surface area contributed by atoms with Crippen molar-refractivity contribution in [1.29, 1.82) is 0 Å². The number of hydrogen-bond donors (Lipinski definition) is 1. The van der Waals surface area contributed by atoms with Crippen molar-refractivity contribution in [2.45, 2.75) is 13.5 Å². The smallest absolute Gasteiger partial charge is 0.238 e. The molecule has 0 aliphatic heterocycles. The second kappa shape index (κ2) is 7.02. The SMILES string of the molecule is Cc1cccc(NC(=O)CN(C)Cc2csc(Br)c2)c1. The van der Waals surface area contributed by atoms with E-state index in [2.05, 4.69) is 32.7 Å². The Kier molecular flexibility index (Phi) is 5.34. The first kappa shape index (κ1) is 15.2. The van der Waals surface area contributed by atoms with Crippen LogP contribution in [-0.4, -0.2) is 24.4 Å². The number of nitrogens with one attached hydrogen (secondary N) is 1. The molecule has 1 N–H and O–H groups in total. The molecule has 0 spiro atoms. The van der Waals surface area contributed by atoms with Crippen molar-refractivity contribution in [3.8, 4) is 0 Å². The van der Waals surface area contributed by atoms with Crippen LogP contribution in [-0.2, 0) is 11.3 Å². The largest absolute Gasteiger partial charge is 0.325 e. The molecule has 0 atom stereocenters. The number of rotatable bonds is 5. The summed E-state index contributed by atoms with van der Waals surface area (Å²) >= 11 is 5.10. The number of hydrogen-bond acceptors (Lipinski definition) is 3. The van der Waals surface area contributed by atoms with E-state index < -0.39 is 0 Å². The lowest BCUT2D eigenvalue weighted by atomic mass is 10.2. The van der Waals surface area contributed by atoms with Crippen LogP contribution in [0.1, 0.15) is 11.1 Å². The van der Waals surface area contributed by atoms with Crippen LogP contribution in [0.15, 0.2) is 39.5 Å². The predicted molar refractivity (Wildman–Crippen MR) is 88.2 cm³/mol. The molecule has 2 aromatic rings. The summed E-state index contributed by atoms with van der Waals surface area (Å²) in [7, 11) is 1.95. The zero-order chi connectivity index (χ0) is 14.5. The van der Waals surface area contributed by atoms with E-state index in [0.717, 1.165) is 21.6 Å². The molecule has 1 amide bonds. The normalized spacial score (nSPS) is 10.8. The average Bonchev–Trinajstić information content (AvgIpc) is 2.74. The van der Waals surface area contributed by atoms with Gasteiger partial charge in [0, 0.05) is 12.2 Å². The van der Waals surface area contributed by atoms with Gasteiger partial charge in [-0.2, -0.15) is 0 Å². The Hall–Kier alpha value is -1.17. The van der Waals surface area contributed by atoms with Crippen molar-refractivity contribution in [2.75, 3.05) is 18.9 Å². The number of nitrogens with zero attached hydrogens (tertiary/aromatic N) is 1. The van der Waals surface area contributed by atoms with Crippen LogP contribution in [0.2, 0.25) is 0 Å². The highest BCUT2D eigenvalue weighted by atomic mass is 79.9. The first-order chi connectivity index (χ1) is 9.52. The topological polar surface area (TPSA) is 32.3 Å². The molecule has 5 heteroatoms. The van der Waals surface area contributed by atoms with E-state index in [1.807, 2.05) is 43.1 Å². The van der Waals surface area contributed by atoms with E-state index in [1.165, 1.54) is 5.56 Å². The third-order valence-electron chi connectivity index (χ3n) is 2.79. The number of thiophene rings is 1. The van der Waals surface area contributed by atoms with Gasteiger partial charge >= 0.3 is 0 Å². The lowest BCUT2D eigenvalue weighted by Gasteiger charge is -2.15. The molecule has 0 aliphatic rings. The van der Waals surface area contributed by atoms with E-state index in [-0.39, 0.29) is 5.91 Å². The average molecular weight is 353 g/mol. The number of carbonyl (C=O) groups excluding carboxylic acids is 1. The third kappa shape index (κ3) is 4.74. The summed E-state index contributed by atoms with van der Waals surface area (Å²) in [4.78, 5) is 14.0. The van der Waals surface area contributed by atoms with Crippen LogP contribution < -0.4 is 5.32 Å². The van der Waals surface area contributed by atoms with Gasteiger partial charge in [-0.1, -0.05) is 12.1 Å². The maximum absolute atomic E-state index is 12.0. The first-order valence-corrected chi connectivity index (χ1v) is 7.98. The van der Waals surface area contributed by atoms with Crippen molar-refractivity contribution in [3.63, 3.8) is 0 Å². The fourth-order valence-corrected chi connectivity index (χ4v) is 3.17. The van der Waals surface area contributed by atoms with E-state index in [1.54, 1.807) is 11.3 Å². The Balaban J connectivity index is 1.84. The van der Waals surface area contributed by atoms with Crippen molar-refractivity contribution >= 4 is 38.9 Å². The number of benzene rings is 1. The van der Waals surface area contributed by atoms with Gasteiger partial charge in [-0.25, -0.2) is 0 Å². The van der Waals surface area contributed by atoms with E-state index >= 15 is 0 Å². The van der Waals surface area contributed by atoms with Crippen LogP contribution in [0.5, 0.6) is 0 Å². The molecule has 0 radical (unpaired) electrons. The zero-order valence-electron chi connectivity index (χ0n) is 11.5. The second-order valence-corrected chi connectivity index (χ2v) is 7.14. The standard InChI is InChI=1S/C15H17BrN2OS/c1-11-4-3-5-13(6-11)17-15(19)9-18(2)8-12-7-14(16)20-10-12/h3-7,10H,8-9H2,1-2H3,(H,17,19). The van der Waals surface area contributed by atoms with Gasteiger partial charge in [-0.3, -0.25) is 9.69 Å². The van der Waals surface area contributed by atoms with Crippen LogP contribution >= 0.6 is 27.3 Å². The molecular weight excluding hydrogens is 336 g/mol. The van der Waals surface area contributed by atoms with E-state index in [0.29, 0.717) is 6.54 Å². The van der Waals surface area contributed by atoms with Gasteiger partial charge in [0.15, 0.2) is 0 Å². The fourth-order valence-electron chi connectivity index (χ4n) is 1.96. The molecule has 3 nitrogen and oxygen atoms in total. The highest BCUT2D eigenvalue weighted by molar-refractivity contribution is 9.11. The van der Waals surface area contributed by atoms with Crippen LogP contribution in [0.3, 0.4) is 0 Å². The minimum atomic E-state index is 0.00685. The molecule has 0 fully saturated rings. The second-order valence-electron chi connectivity index (χ2n) is 4.85. The van der Waals surface area contributed by atoms with Gasteiger partial charge in [0.05, 0.1) is 10.3 Å². The lowest BCUT2D eigenvalue weighted by Crippen LogP contribution is -2.29. The molecule has 20 heavy (non-hydrogen) atoms. The maximum atomic E-state index is 12.0. The van der Waals surface area contributed by atoms with Gasteiger partial charge in [0.1, 0.15) is 0 Å². The highest BCUT2D eigenvalue weighted by Gasteiger charge is 2.08. The summed E-state index contributed by atoms with van der Waals surface area (Å²) < 4.78 is 1.12. The summed E-state index contributed by atoms with van der Waals surface area (Å²) in [6, 6.07) is 9.90. The molecule has 0 aliphatic carbocycles. The number of anilines is 1. The van der Waals surface area contributed by atoms with Gasteiger partial charge in [0.2, 0.25) is 5.91 Å². The number of likely N-dealkylation sites (N-methyl/N-ethyl adjacent to an activating group) is 1.